The summed E-state index contributed by atoms with van der Waals surface area (Å²) >= 11 is 0. The van der Waals surface area contributed by atoms with Crippen molar-refractivity contribution < 1.29 is 14.0 Å². The molecule has 0 N–H and O–H groups in total. The lowest BCUT2D eigenvalue weighted by Crippen LogP contribution is -2.39. The maximum absolute atomic E-state index is 14.0. The fraction of sp³-hybridized carbons (Fsp3) is 0.361. The molecule has 0 saturated carbocycles. The zero-order chi connectivity index (χ0) is 31.1. The third-order valence-corrected chi connectivity index (χ3v) is 8.37. The first-order valence-corrected chi connectivity index (χ1v) is 15.5. The Hall–Kier alpha value is -4.30. The minimum atomic E-state index is -0.376. The molecule has 0 bridgehead atoms. The highest BCUT2D eigenvalue weighted by Crippen LogP contribution is 2.29. The van der Waals surface area contributed by atoms with Gasteiger partial charge in [-0.05, 0) is 79.6 Å². The third-order valence-electron chi connectivity index (χ3n) is 8.37. The van der Waals surface area contributed by atoms with Crippen molar-refractivity contribution in [2.24, 2.45) is 7.05 Å². The Kier molecular flexibility index (Phi) is 10.2. The highest BCUT2D eigenvalue weighted by molar-refractivity contribution is 6.07. The number of carbonyl (C=O) groups excluding carboxylic acids is 2. The molecule has 0 atom stereocenters. The van der Waals surface area contributed by atoms with Crippen LogP contribution in [0.5, 0.6) is 0 Å². The number of amides is 2. The number of benzene rings is 3. The number of aromatic nitrogens is 2. The van der Waals surface area contributed by atoms with Gasteiger partial charge in [0.15, 0.2) is 0 Å². The van der Waals surface area contributed by atoms with Gasteiger partial charge in [0.05, 0.1) is 11.4 Å². The lowest BCUT2D eigenvalue weighted by atomic mass is 10.0. The van der Waals surface area contributed by atoms with Crippen molar-refractivity contribution >= 4 is 17.5 Å². The minimum absolute atomic E-state index is 0.0868. The van der Waals surface area contributed by atoms with E-state index in [1.54, 1.807) is 16.8 Å². The van der Waals surface area contributed by atoms with Crippen LogP contribution >= 0.6 is 0 Å². The number of rotatable bonds is 6. The number of hydrogen-bond donors (Lipinski definition) is 0. The van der Waals surface area contributed by atoms with E-state index in [1.165, 1.54) is 17.7 Å². The average molecular weight is 596 g/mol. The van der Waals surface area contributed by atoms with E-state index in [4.69, 9.17) is 0 Å². The number of carbonyl (C=O) groups is 2. The summed E-state index contributed by atoms with van der Waals surface area (Å²) in [4.78, 5) is 34.0. The molecular weight excluding hydrogens is 553 g/mol. The molecule has 0 unspecified atom stereocenters. The van der Waals surface area contributed by atoms with Gasteiger partial charge in [-0.1, -0.05) is 48.5 Å². The number of para-hydroxylation sites is 1. The van der Waals surface area contributed by atoms with Gasteiger partial charge in [-0.2, -0.15) is 5.10 Å². The van der Waals surface area contributed by atoms with Crippen molar-refractivity contribution in [2.75, 3.05) is 31.1 Å². The van der Waals surface area contributed by atoms with Crippen LogP contribution in [-0.2, 0) is 31.4 Å². The lowest BCUT2D eigenvalue weighted by molar-refractivity contribution is -0.131. The van der Waals surface area contributed by atoms with E-state index < -0.39 is 0 Å². The molecule has 0 fully saturated rings. The Morgan fingerprint density at radius 3 is 2.30 bits per heavy atom. The number of halogens is 1. The normalized spacial score (nSPS) is 14.9. The van der Waals surface area contributed by atoms with Crippen molar-refractivity contribution in [3.05, 3.63) is 118 Å². The first kappa shape index (κ1) is 31.1. The van der Waals surface area contributed by atoms with Crippen LogP contribution in [0.4, 0.5) is 10.1 Å². The summed E-state index contributed by atoms with van der Waals surface area (Å²) in [5.41, 5.74) is 6.44. The average Bonchev–Trinajstić information content (AvgIpc) is 3.34. The van der Waals surface area contributed by atoms with Crippen LogP contribution in [0.2, 0.25) is 0 Å². The molecule has 8 heteroatoms. The smallest absolute Gasteiger partial charge is 0.258 e. The van der Waals surface area contributed by atoms with Gasteiger partial charge < -0.3 is 9.80 Å². The predicted octanol–water partition coefficient (Wildman–Crippen LogP) is 6.08. The highest BCUT2D eigenvalue weighted by atomic mass is 19.1. The van der Waals surface area contributed by atoms with E-state index in [9.17, 15) is 14.0 Å². The molecule has 0 radical (unpaired) electrons. The molecule has 1 aliphatic heterocycles. The summed E-state index contributed by atoms with van der Waals surface area (Å²) in [5.74, 6) is -0.458. The maximum atomic E-state index is 14.0. The van der Waals surface area contributed by atoms with E-state index in [1.807, 2.05) is 61.2 Å². The van der Waals surface area contributed by atoms with Gasteiger partial charge in [0.1, 0.15) is 5.82 Å². The molecule has 44 heavy (non-hydrogen) atoms. The van der Waals surface area contributed by atoms with Gasteiger partial charge in [-0.15, -0.1) is 0 Å². The first-order chi connectivity index (χ1) is 21.3. The van der Waals surface area contributed by atoms with Crippen LogP contribution in [0, 0.1) is 19.7 Å². The van der Waals surface area contributed by atoms with Gasteiger partial charge >= 0.3 is 0 Å². The Labute approximate surface area is 259 Å². The second-order valence-corrected chi connectivity index (χ2v) is 11.7. The van der Waals surface area contributed by atoms with Crippen LogP contribution in [0.15, 0.2) is 79.0 Å². The van der Waals surface area contributed by atoms with Gasteiger partial charge in [0.2, 0.25) is 5.91 Å². The molecule has 7 nitrogen and oxygen atoms in total. The zero-order valence-electron chi connectivity index (χ0n) is 26.0. The standard InChI is InChI=1S/C36H42FN5O2/c1-27-10-7-13-32-26-41(34(43)19-16-31-25-39(3)38-28(31)2)22-8-20-40(24-29-11-5-4-6-12-29)21-9-23-42(35(27)32)36(44)30-14-17-33(37)18-15-30/h4-7,10-15,17-18,25H,8-9,16,19-24,26H2,1-3H3. The fourth-order valence-electron chi connectivity index (χ4n) is 6.14. The number of anilines is 1. The molecule has 1 aromatic heterocycles. The molecule has 0 aliphatic carbocycles. The first-order valence-electron chi connectivity index (χ1n) is 15.5. The van der Waals surface area contributed by atoms with Crippen molar-refractivity contribution in [3.8, 4) is 0 Å². The van der Waals surface area contributed by atoms with Crippen molar-refractivity contribution in [3.63, 3.8) is 0 Å². The van der Waals surface area contributed by atoms with Crippen LogP contribution < -0.4 is 4.90 Å². The number of aryl methyl sites for hydroxylation is 4. The second-order valence-electron chi connectivity index (χ2n) is 11.7. The topological polar surface area (TPSA) is 61.7 Å². The van der Waals surface area contributed by atoms with Crippen LogP contribution in [-0.4, -0.2) is 57.6 Å². The summed E-state index contributed by atoms with van der Waals surface area (Å²) in [5, 5.41) is 4.44. The number of hydrogen-bond acceptors (Lipinski definition) is 4. The van der Waals surface area contributed by atoms with E-state index >= 15 is 0 Å². The maximum Gasteiger partial charge on any atom is 0.258 e. The fourth-order valence-corrected chi connectivity index (χ4v) is 6.14. The SMILES string of the molecule is Cc1cccc2c1N(C(=O)c1ccc(F)cc1)CCCN(Cc1ccccc1)CCCN(C(=O)CCc1cn(C)nc1C)C2. The Bertz CT molecular complexity index is 1570. The Balaban J connectivity index is 1.46. The summed E-state index contributed by atoms with van der Waals surface area (Å²) < 4.78 is 15.5. The summed E-state index contributed by atoms with van der Waals surface area (Å²) in [6.07, 6.45) is 4.63. The molecule has 2 heterocycles. The van der Waals surface area contributed by atoms with Crippen LogP contribution in [0.1, 0.15) is 57.6 Å². The monoisotopic (exact) mass is 595 g/mol. The minimum Gasteiger partial charge on any atom is -0.338 e. The van der Waals surface area contributed by atoms with Crippen LogP contribution in [0.3, 0.4) is 0 Å². The highest BCUT2D eigenvalue weighted by Gasteiger charge is 2.25. The number of fused-ring (bicyclic) bond motifs is 1. The van der Waals surface area contributed by atoms with Gasteiger partial charge in [0, 0.05) is 64.5 Å². The zero-order valence-corrected chi connectivity index (χ0v) is 26.0. The molecule has 0 spiro atoms. The largest absolute Gasteiger partial charge is 0.338 e. The molecule has 230 valence electrons. The van der Waals surface area contributed by atoms with E-state index in [0.29, 0.717) is 38.0 Å². The lowest BCUT2D eigenvalue weighted by Gasteiger charge is -2.32. The van der Waals surface area contributed by atoms with Crippen molar-refractivity contribution in [1.82, 2.24) is 19.6 Å². The number of nitrogens with zero attached hydrogens (tertiary/aromatic N) is 5. The van der Waals surface area contributed by atoms with Crippen molar-refractivity contribution in [2.45, 2.75) is 52.6 Å². The van der Waals surface area contributed by atoms with Gasteiger partial charge in [-0.25, -0.2) is 4.39 Å². The molecular formula is C36H42FN5O2. The molecule has 4 aromatic rings. The predicted molar refractivity (Wildman–Crippen MR) is 172 cm³/mol. The van der Waals surface area contributed by atoms with Gasteiger partial charge in [-0.3, -0.25) is 19.2 Å². The summed E-state index contributed by atoms with van der Waals surface area (Å²) in [7, 11) is 1.90. The Morgan fingerprint density at radius 1 is 0.864 bits per heavy atom. The van der Waals surface area contributed by atoms with Crippen molar-refractivity contribution in [1.29, 1.82) is 0 Å². The van der Waals surface area contributed by atoms with Crippen LogP contribution in [0.25, 0.3) is 0 Å². The molecule has 5 rings (SSSR count). The third kappa shape index (κ3) is 7.80. The molecule has 0 saturated heterocycles. The summed E-state index contributed by atoms with van der Waals surface area (Å²) in [6.45, 7) is 7.97. The molecule has 1 aliphatic rings. The van der Waals surface area contributed by atoms with E-state index in [2.05, 4.69) is 34.3 Å². The van der Waals surface area contributed by atoms with Gasteiger partial charge in [0.25, 0.3) is 5.91 Å². The second kappa shape index (κ2) is 14.4. The Morgan fingerprint density at radius 2 is 1.59 bits per heavy atom. The van der Waals surface area contributed by atoms with E-state index in [0.717, 1.165) is 60.5 Å². The van der Waals surface area contributed by atoms with E-state index in [-0.39, 0.29) is 17.6 Å². The quantitative estimate of drug-likeness (QED) is 0.271. The summed E-state index contributed by atoms with van der Waals surface area (Å²) in [6, 6.07) is 22.2. The molecule has 2 amide bonds. The molecule has 3 aromatic carbocycles.